The van der Waals surface area contributed by atoms with E-state index in [4.69, 9.17) is 5.73 Å². The second-order valence-electron chi connectivity index (χ2n) is 6.66. The molecule has 0 fully saturated rings. The summed E-state index contributed by atoms with van der Waals surface area (Å²) in [5, 5.41) is 1.27. The van der Waals surface area contributed by atoms with Crippen LogP contribution in [0.3, 0.4) is 0 Å². The third-order valence-electron chi connectivity index (χ3n) is 4.45. The molecule has 0 saturated carbocycles. The number of aromatic nitrogens is 3. The van der Waals surface area contributed by atoms with Crippen LogP contribution in [-0.4, -0.2) is 54.1 Å². The first kappa shape index (κ1) is 17.2. The number of hydrogen-bond donors (Lipinski definition) is 2. The predicted molar refractivity (Wildman–Crippen MR) is 104 cm³/mol. The molecule has 0 aliphatic rings. The fraction of sp³-hybridized carbons (Fsp3) is 0.368. The summed E-state index contributed by atoms with van der Waals surface area (Å²) in [6.07, 6.45) is 5.71. The average molecular weight is 338 g/mol. The molecule has 6 nitrogen and oxygen atoms in total. The van der Waals surface area contributed by atoms with Crippen LogP contribution in [0.4, 0.5) is 11.8 Å². The zero-order valence-electron chi connectivity index (χ0n) is 15.2. The molecule has 0 bridgehead atoms. The van der Waals surface area contributed by atoms with E-state index in [1.807, 2.05) is 38.3 Å². The Kier molecular flexibility index (Phi) is 5.19. The van der Waals surface area contributed by atoms with E-state index in [0.29, 0.717) is 11.8 Å². The minimum absolute atomic E-state index is 0.575. The Balaban J connectivity index is 1.65. The highest BCUT2D eigenvalue weighted by Crippen LogP contribution is 2.19. The summed E-state index contributed by atoms with van der Waals surface area (Å²) in [4.78, 5) is 16.5. The van der Waals surface area contributed by atoms with E-state index < -0.39 is 0 Å². The third kappa shape index (κ3) is 4.09. The quantitative estimate of drug-likeness (QED) is 0.691. The smallest absolute Gasteiger partial charge is 0.227 e. The molecule has 0 amide bonds. The largest absolute Gasteiger partial charge is 0.383 e. The highest BCUT2D eigenvalue weighted by atomic mass is 15.2. The van der Waals surface area contributed by atoms with Gasteiger partial charge in [0.1, 0.15) is 5.82 Å². The van der Waals surface area contributed by atoms with Gasteiger partial charge in [0, 0.05) is 49.0 Å². The van der Waals surface area contributed by atoms with Gasteiger partial charge in [-0.25, -0.2) is 4.98 Å². The minimum atomic E-state index is 0.575. The summed E-state index contributed by atoms with van der Waals surface area (Å²) in [7, 11) is 6.09. The number of anilines is 2. The number of likely N-dealkylation sites (N-methyl/N-ethyl adjacent to an activating group) is 2. The lowest BCUT2D eigenvalue weighted by Crippen LogP contribution is -2.23. The number of fused-ring (bicyclic) bond motifs is 1. The van der Waals surface area contributed by atoms with Crippen molar-refractivity contribution in [3.63, 3.8) is 0 Å². The SMILES string of the molecule is CN(C)CCc1cnc(N(C)CCc2c[nH]c3ccccc23)nc1N. The Morgan fingerprint density at radius 1 is 1.04 bits per heavy atom. The van der Waals surface area contributed by atoms with Crippen LogP contribution in [-0.2, 0) is 12.8 Å². The summed E-state index contributed by atoms with van der Waals surface area (Å²) < 4.78 is 0. The van der Waals surface area contributed by atoms with Gasteiger partial charge >= 0.3 is 0 Å². The molecule has 3 N–H and O–H groups in total. The summed E-state index contributed by atoms with van der Waals surface area (Å²) >= 11 is 0. The maximum Gasteiger partial charge on any atom is 0.227 e. The molecule has 132 valence electrons. The zero-order chi connectivity index (χ0) is 17.8. The first-order chi connectivity index (χ1) is 12.0. The molecule has 2 heterocycles. The van der Waals surface area contributed by atoms with Gasteiger partial charge in [-0.05, 0) is 38.6 Å². The number of para-hydroxylation sites is 1. The zero-order valence-corrected chi connectivity index (χ0v) is 15.2. The maximum atomic E-state index is 6.11. The number of nitrogens with two attached hydrogens (primary N) is 1. The molecule has 1 aromatic carbocycles. The molecule has 3 aromatic rings. The fourth-order valence-corrected chi connectivity index (χ4v) is 2.86. The number of nitrogen functional groups attached to an aromatic ring is 1. The van der Waals surface area contributed by atoms with E-state index in [2.05, 4.69) is 44.2 Å². The second kappa shape index (κ2) is 7.53. The van der Waals surface area contributed by atoms with Gasteiger partial charge in [0.15, 0.2) is 0 Å². The van der Waals surface area contributed by atoms with Gasteiger partial charge in [-0.3, -0.25) is 0 Å². The summed E-state index contributed by atoms with van der Waals surface area (Å²) in [6, 6.07) is 8.36. The molecule has 0 aliphatic heterocycles. The molecule has 0 spiro atoms. The minimum Gasteiger partial charge on any atom is -0.383 e. The van der Waals surface area contributed by atoms with Crippen molar-refractivity contribution in [2.45, 2.75) is 12.8 Å². The molecule has 0 aliphatic carbocycles. The number of nitrogens with one attached hydrogen (secondary N) is 1. The van der Waals surface area contributed by atoms with Gasteiger partial charge in [-0.1, -0.05) is 18.2 Å². The molecular formula is C19H26N6. The van der Waals surface area contributed by atoms with Gasteiger partial charge in [0.25, 0.3) is 0 Å². The van der Waals surface area contributed by atoms with Crippen molar-refractivity contribution in [2.24, 2.45) is 0 Å². The van der Waals surface area contributed by atoms with E-state index in [9.17, 15) is 0 Å². The highest BCUT2D eigenvalue weighted by molar-refractivity contribution is 5.83. The van der Waals surface area contributed by atoms with Crippen LogP contribution in [0.25, 0.3) is 10.9 Å². The molecule has 6 heteroatoms. The first-order valence-electron chi connectivity index (χ1n) is 8.57. The van der Waals surface area contributed by atoms with Crippen molar-refractivity contribution < 1.29 is 0 Å². The number of aromatic amines is 1. The number of nitrogens with zero attached hydrogens (tertiary/aromatic N) is 4. The molecule has 2 aromatic heterocycles. The molecular weight excluding hydrogens is 312 g/mol. The predicted octanol–water partition coefficient (Wildman–Crippen LogP) is 2.32. The maximum absolute atomic E-state index is 6.11. The van der Waals surface area contributed by atoms with Crippen LogP contribution in [0.2, 0.25) is 0 Å². The number of H-pyrrole nitrogens is 1. The first-order valence-corrected chi connectivity index (χ1v) is 8.57. The number of benzene rings is 1. The second-order valence-corrected chi connectivity index (χ2v) is 6.66. The van der Waals surface area contributed by atoms with Gasteiger partial charge < -0.3 is 20.5 Å². The molecule has 0 saturated heterocycles. The van der Waals surface area contributed by atoms with Crippen molar-refractivity contribution in [1.29, 1.82) is 0 Å². The number of hydrogen-bond acceptors (Lipinski definition) is 5. The van der Waals surface area contributed by atoms with Crippen LogP contribution in [0.15, 0.2) is 36.7 Å². The Hall–Kier alpha value is -2.60. The van der Waals surface area contributed by atoms with E-state index in [1.54, 1.807) is 0 Å². The lowest BCUT2D eigenvalue weighted by molar-refractivity contribution is 0.413. The van der Waals surface area contributed by atoms with E-state index in [-0.39, 0.29) is 0 Å². The van der Waals surface area contributed by atoms with Crippen LogP contribution in [0.1, 0.15) is 11.1 Å². The van der Waals surface area contributed by atoms with Gasteiger partial charge in [-0.2, -0.15) is 4.98 Å². The molecule has 0 unspecified atom stereocenters. The topological polar surface area (TPSA) is 74.1 Å². The Morgan fingerprint density at radius 2 is 1.80 bits per heavy atom. The summed E-state index contributed by atoms with van der Waals surface area (Å²) in [5.41, 5.74) is 9.59. The van der Waals surface area contributed by atoms with Crippen molar-refractivity contribution in [3.8, 4) is 0 Å². The molecule has 0 atom stereocenters. The Bertz CT molecular complexity index is 839. The lowest BCUT2D eigenvalue weighted by Gasteiger charge is -2.18. The monoisotopic (exact) mass is 338 g/mol. The van der Waals surface area contributed by atoms with Gasteiger partial charge in [0.05, 0.1) is 0 Å². The third-order valence-corrected chi connectivity index (χ3v) is 4.45. The Labute approximate surface area is 148 Å². The van der Waals surface area contributed by atoms with Crippen LogP contribution in [0, 0.1) is 0 Å². The van der Waals surface area contributed by atoms with Gasteiger partial charge in [-0.15, -0.1) is 0 Å². The Morgan fingerprint density at radius 3 is 2.56 bits per heavy atom. The van der Waals surface area contributed by atoms with Crippen molar-refractivity contribution in [1.82, 2.24) is 19.9 Å². The molecule has 3 rings (SSSR count). The van der Waals surface area contributed by atoms with Crippen LogP contribution >= 0.6 is 0 Å². The van der Waals surface area contributed by atoms with E-state index >= 15 is 0 Å². The van der Waals surface area contributed by atoms with Gasteiger partial charge in [0.2, 0.25) is 5.95 Å². The molecule has 25 heavy (non-hydrogen) atoms. The normalized spacial score (nSPS) is 11.4. The number of rotatable bonds is 7. The standard InChI is InChI=1S/C19H26N6/c1-24(2)10-8-15-13-22-19(23-18(15)20)25(3)11-9-14-12-21-17-7-5-4-6-16(14)17/h4-7,12-13,21H,8-11H2,1-3H3,(H2,20,22,23). The summed E-state index contributed by atoms with van der Waals surface area (Å²) in [6.45, 7) is 1.77. The lowest BCUT2D eigenvalue weighted by atomic mass is 10.1. The van der Waals surface area contributed by atoms with Crippen LogP contribution in [0.5, 0.6) is 0 Å². The van der Waals surface area contributed by atoms with E-state index in [1.165, 1.54) is 16.5 Å². The summed E-state index contributed by atoms with van der Waals surface area (Å²) in [5.74, 6) is 1.25. The van der Waals surface area contributed by atoms with E-state index in [0.717, 1.165) is 31.5 Å². The van der Waals surface area contributed by atoms with Crippen LogP contribution < -0.4 is 10.6 Å². The van der Waals surface area contributed by atoms with Crippen molar-refractivity contribution >= 4 is 22.7 Å². The van der Waals surface area contributed by atoms with Crippen molar-refractivity contribution in [3.05, 3.63) is 47.8 Å². The molecule has 0 radical (unpaired) electrons. The highest BCUT2D eigenvalue weighted by Gasteiger charge is 2.10. The average Bonchev–Trinajstić information content (AvgIpc) is 3.01. The van der Waals surface area contributed by atoms with Crippen molar-refractivity contribution in [2.75, 3.05) is 44.9 Å². The fourth-order valence-electron chi connectivity index (χ4n) is 2.86.